The first-order chi connectivity index (χ1) is 16.7. The number of ether oxygens (including phenoxy) is 4. The van der Waals surface area contributed by atoms with Crippen LogP contribution in [0.2, 0.25) is 0 Å². The fraction of sp³-hybridized carbons (Fsp3) is 0.440. The molecule has 1 aliphatic heterocycles. The van der Waals surface area contributed by atoms with Crippen molar-refractivity contribution < 1.29 is 42.1 Å². The molecule has 0 aliphatic carbocycles. The van der Waals surface area contributed by atoms with Crippen molar-refractivity contribution in [3.63, 3.8) is 0 Å². The topological polar surface area (TPSA) is 107 Å². The second kappa shape index (κ2) is 12.4. The zero-order chi connectivity index (χ0) is 25.4. The van der Waals surface area contributed by atoms with Crippen LogP contribution >= 0.6 is 7.60 Å². The van der Waals surface area contributed by atoms with E-state index in [1.165, 1.54) is 0 Å². The summed E-state index contributed by atoms with van der Waals surface area (Å²) in [5, 5.41) is 0. The van der Waals surface area contributed by atoms with Crippen LogP contribution in [-0.2, 0) is 32.6 Å². The maximum Gasteiger partial charge on any atom is 0.356 e. The smallest absolute Gasteiger partial charge is 0.356 e. The molecule has 3 atom stereocenters. The molecule has 0 amide bonds. The number of hydrogen-bond acceptors (Lipinski definition) is 9. The van der Waals surface area contributed by atoms with Crippen LogP contribution in [-0.4, -0.2) is 55.6 Å². The normalized spacial score (nSPS) is 20.2. The number of hydrogen-bond donors (Lipinski definition) is 0. The fourth-order valence-electron chi connectivity index (χ4n) is 3.36. The number of carbonyl (C=O) groups is 2. The summed E-state index contributed by atoms with van der Waals surface area (Å²) < 4.78 is 46.8. The molecule has 0 radical (unpaired) electrons. The van der Waals surface area contributed by atoms with Crippen molar-refractivity contribution in [1.29, 1.82) is 0 Å². The molecule has 9 nitrogen and oxygen atoms in total. The molecule has 0 spiro atoms. The lowest BCUT2D eigenvalue weighted by Gasteiger charge is -2.26. The van der Waals surface area contributed by atoms with Crippen LogP contribution in [0.25, 0.3) is 0 Å². The molecule has 1 unspecified atom stereocenters. The maximum atomic E-state index is 13.2. The Hall–Kier alpha value is -2.55. The van der Waals surface area contributed by atoms with E-state index in [0.29, 0.717) is 11.1 Å². The molecule has 2 aromatic rings. The maximum absolute atomic E-state index is 13.2. The lowest BCUT2D eigenvalue weighted by Crippen LogP contribution is -2.39. The summed E-state index contributed by atoms with van der Waals surface area (Å²) in [7, 11) is -3.62. The van der Waals surface area contributed by atoms with Gasteiger partial charge in [-0.05, 0) is 52.0 Å². The van der Waals surface area contributed by atoms with Gasteiger partial charge in [0, 0.05) is 0 Å². The predicted molar refractivity (Wildman–Crippen MR) is 127 cm³/mol. The predicted octanol–water partition coefficient (Wildman–Crippen LogP) is 4.81. The van der Waals surface area contributed by atoms with Crippen LogP contribution in [0.15, 0.2) is 60.7 Å². The quantitative estimate of drug-likeness (QED) is 0.313. The molecular formula is C25H31O9P. The molecule has 1 heterocycles. The lowest BCUT2D eigenvalue weighted by molar-refractivity contribution is -0.126. The van der Waals surface area contributed by atoms with Gasteiger partial charge in [0.05, 0.1) is 29.9 Å². The summed E-state index contributed by atoms with van der Waals surface area (Å²) in [4.78, 5) is 25.4. The Bertz CT molecular complexity index is 996. The molecule has 0 bridgehead atoms. The van der Waals surface area contributed by atoms with Crippen LogP contribution in [0.3, 0.4) is 0 Å². The summed E-state index contributed by atoms with van der Waals surface area (Å²) in [5.41, 5.74) is 0.622. The Labute approximate surface area is 205 Å². The Morgan fingerprint density at radius 3 is 1.83 bits per heavy atom. The molecule has 3 rings (SSSR count). The van der Waals surface area contributed by atoms with E-state index < -0.39 is 44.4 Å². The molecule has 0 aromatic heterocycles. The second-order valence-corrected chi connectivity index (χ2v) is 10.4. The highest BCUT2D eigenvalue weighted by Gasteiger charge is 2.45. The van der Waals surface area contributed by atoms with Crippen LogP contribution < -0.4 is 0 Å². The summed E-state index contributed by atoms with van der Waals surface area (Å²) in [5.74, 6) is -1.29. The largest absolute Gasteiger partial charge is 0.449 e. The average molecular weight is 506 g/mol. The highest BCUT2D eigenvalue weighted by atomic mass is 31.2. The van der Waals surface area contributed by atoms with Crippen molar-refractivity contribution >= 4 is 19.5 Å². The van der Waals surface area contributed by atoms with E-state index in [-0.39, 0.29) is 18.8 Å². The minimum atomic E-state index is -3.62. The van der Waals surface area contributed by atoms with E-state index in [1.807, 2.05) is 0 Å². The van der Waals surface area contributed by atoms with Gasteiger partial charge >= 0.3 is 19.5 Å². The Balaban J connectivity index is 1.76. The first-order valence-electron chi connectivity index (χ1n) is 11.4. The van der Waals surface area contributed by atoms with E-state index in [4.69, 9.17) is 28.0 Å². The standard InChI is InChI=1S/C25H31O9P/c1-17(2)33-35(28,34-18(3)4)16-30-21-15-29-25(32-24(27)20-13-9-6-10-14-20)22(21)31-23(26)19-11-7-5-8-12-19/h5-14,17-18,21-22,25H,15-16H2,1-4H3/t21-,22+,25?/m0/s1. The van der Waals surface area contributed by atoms with Gasteiger partial charge in [-0.2, -0.15) is 0 Å². The van der Waals surface area contributed by atoms with Gasteiger partial charge in [0.15, 0.2) is 6.10 Å². The van der Waals surface area contributed by atoms with Crippen LogP contribution in [0.4, 0.5) is 0 Å². The van der Waals surface area contributed by atoms with Crippen molar-refractivity contribution in [3.05, 3.63) is 71.8 Å². The summed E-state index contributed by atoms with van der Waals surface area (Å²) in [6.07, 6.45) is -4.34. The highest BCUT2D eigenvalue weighted by molar-refractivity contribution is 7.53. The van der Waals surface area contributed by atoms with Gasteiger partial charge in [0.25, 0.3) is 0 Å². The zero-order valence-electron chi connectivity index (χ0n) is 20.2. The molecule has 0 saturated carbocycles. The monoisotopic (exact) mass is 506 g/mol. The molecule has 2 aromatic carbocycles. The van der Waals surface area contributed by atoms with Gasteiger partial charge in [-0.1, -0.05) is 36.4 Å². The Kier molecular flexibility index (Phi) is 9.60. The second-order valence-electron chi connectivity index (χ2n) is 8.46. The van der Waals surface area contributed by atoms with Crippen molar-refractivity contribution in [2.24, 2.45) is 0 Å². The molecule has 1 fully saturated rings. The fourth-order valence-corrected chi connectivity index (χ4v) is 5.19. The SMILES string of the molecule is CC(C)OP(=O)(CO[C@H]1COC(OC(=O)c2ccccc2)[C@@H]1OC(=O)c1ccccc1)OC(C)C. The van der Waals surface area contributed by atoms with Gasteiger partial charge in [-0.3, -0.25) is 4.57 Å². The summed E-state index contributed by atoms with van der Waals surface area (Å²) in [6.45, 7) is 6.87. The van der Waals surface area contributed by atoms with Crippen LogP contribution in [0.1, 0.15) is 48.4 Å². The van der Waals surface area contributed by atoms with Crippen LogP contribution in [0.5, 0.6) is 0 Å². The zero-order valence-corrected chi connectivity index (χ0v) is 21.1. The van der Waals surface area contributed by atoms with Crippen molar-refractivity contribution in [2.45, 2.75) is 58.4 Å². The van der Waals surface area contributed by atoms with E-state index in [2.05, 4.69) is 0 Å². The molecule has 35 heavy (non-hydrogen) atoms. The van der Waals surface area contributed by atoms with Gasteiger partial charge in [-0.25, -0.2) is 9.59 Å². The number of carbonyl (C=O) groups excluding carboxylic acids is 2. The molecule has 190 valence electrons. The van der Waals surface area contributed by atoms with E-state index in [9.17, 15) is 14.2 Å². The summed E-state index contributed by atoms with van der Waals surface area (Å²) >= 11 is 0. The Morgan fingerprint density at radius 1 is 0.857 bits per heavy atom. The van der Waals surface area contributed by atoms with E-state index >= 15 is 0 Å². The number of rotatable bonds is 11. The van der Waals surface area contributed by atoms with Crippen LogP contribution in [0, 0.1) is 0 Å². The lowest BCUT2D eigenvalue weighted by atomic mass is 10.2. The molecule has 10 heteroatoms. The van der Waals surface area contributed by atoms with Crippen molar-refractivity contribution in [2.75, 3.05) is 13.0 Å². The molecule has 0 N–H and O–H groups in total. The first-order valence-corrected chi connectivity index (χ1v) is 13.1. The van der Waals surface area contributed by atoms with E-state index in [1.54, 1.807) is 88.4 Å². The minimum absolute atomic E-state index is 0.0666. The third-order valence-corrected chi connectivity index (χ3v) is 6.69. The summed E-state index contributed by atoms with van der Waals surface area (Å²) in [6, 6.07) is 16.7. The van der Waals surface area contributed by atoms with E-state index in [0.717, 1.165) is 0 Å². The average Bonchev–Trinajstić information content (AvgIpc) is 3.18. The third-order valence-electron chi connectivity index (χ3n) is 4.73. The number of benzene rings is 2. The van der Waals surface area contributed by atoms with Gasteiger partial charge in [-0.15, -0.1) is 0 Å². The Morgan fingerprint density at radius 2 is 1.34 bits per heavy atom. The van der Waals surface area contributed by atoms with Gasteiger partial charge < -0.3 is 28.0 Å². The van der Waals surface area contributed by atoms with Crippen molar-refractivity contribution in [3.8, 4) is 0 Å². The first kappa shape index (κ1) is 27.0. The van der Waals surface area contributed by atoms with Gasteiger partial charge in [0.1, 0.15) is 12.5 Å². The number of esters is 2. The molecule has 1 aliphatic rings. The molecule has 1 saturated heterocycles. The highest BCUT2D eigenvalue weighted by Crippen LogP contribution is 2.51. The minimum Gasteiger partial charge on any atom is -0.449 e. The third kappa shape index (κ3) is 7.98. The van der Waals surface area contributed by atoms with Gasteiger partial charge in [0.2, 0.25) is 6.29 Å². The van der Waals surface area contributed by atoms with Crippen molar-refractivity contribution in [1.82, 2.24) is 0 Å². The molecular weight excluding hydrogens is 475 g/mol.